The molecule has 0 nitrogen and oxygen atoms in total. The maximum absolute atomic E-state index is 2.61. The van der Waals surface area contributed by atoms with E-state index in [1.807, 2.05) is 0 Å². The van der Waals surface area contributed by atoms with Gasteiger partial charge >= 0.3 is 0 Å². The Labute approximate surface area is 194 Å². The van der Waals surface area contributed by atoms with Gasteiger partial charge in [-0.1, -0.05) is 79.8 Å². The van der Waals surface area contributed by atoms with Crippen LogP contribution in [0.5, 0.6) is 0 Å². The highest BCUT2D eigenvalue weighted by atomic mass is 14.6. The molecule has 0 aromatic rings. The van der Waals surface area contributed by atoms with E-state index in [0.29, 0.717) is 16.2 Å². The quantitative estimate of drug-likeness (QED) is 0.376. The van der Waals surface area contributed by atoms with E-state index in [0.717, 1.165) is 60.0 Å². The van der Waals surface area contributed by atoms with Crippen LogP contribution in [0, 0.1) is 69.5 Å². The molecule has 0 saturated heterocycles. The molecule has 9 fully saturated rings. The third-order valence-electron chi connectivity index (χ3n) is 13.9. The van der Waals surface area contributed by atoms with E-state index in [-0.39, 0.29) is 0 Å². The predicted octanol–water partition coefficient (Wildman–Crippen LogP) is 8.70. The van der Waals surface area contributed by atoms with Crippen LogP contribution >= 0.6 is 0 Å². The minimum absolute atomic E-state index is 0.662. The Morgan fingerprint density at radius 3 is 1.00 bits per heavy atom. The lowest BCUT2D eigenvalue weighted by Gasteiger charge is -2.62. The van der Waals surface area contributed by atoms with Gasteiger partial charge in [0.1, 0.15) is 6.71 Å². The fourth-order valence-electron chi connectivity index (χ4n) is 11.3. The molecular formula is C30H51B. The summed E-state index contributed by atoms with van der Waals surface area (Å²) in [4.78, 5) is 0. The predicted molar refractivity (Wildman–Crippen MR) is 134 cm³/mol. The first-order valence-electron chi connectivity index (χ1n) is 14.6. The fraction of sp³-hybridized carbons (Fsp3) is 1.00. The Morgan fingerprint density at radius 1 is 0.484 bits per heavy atom. The van der Waals surface area contributed by atoms with Gasteiger partial charge in [0, 0.05) is 0 Å². The molecule has 31 heavy (non-hydrogen) atoms. The van der Waals surface area contributed by atoms with Crippen molar-refractivity contribution in [1.82, 2.24) is 0 Å². The van der Waals surface area contributed by atoms with E-state index in [1.54, 1.807) is 76.7 Å². The summed E-state index contributed by atoms with van der Waals surface area (Å²) in [5.41, 5.74) is 1.99. The number of fused-ring (bicyclic) bond motifs is 6. The van der Waals surface area contributed by atoms with Crippen LogP contribution in [-0.4, -0.2) is 6.71 Å². The van der Waals surface area contributed by atoms with Gasteiger partial charge in [0.15, 0.2) is 0 Å². The van der Waals surface area contributed by atoms with Gasteiger partial charge < -0.3 is 0 Å². The Morgan fingerprint density at radius 2 is 0.774 bits per heavy atom. The van der Waals surface area contributed by atoms with Gasteiger partial charge in [-0.15, -0.1) is 0 Å². The van der Waals surface area contributed by atoms with Crippen LogP contribution in [0.2, 0.25) is 19.0 Å². The molecule has 9 unspecified atom stereocenters. The molecule has 9 atom stereocenters. The summed E-state index contributed by atoms with van der Waals surface area (Å²) in [5, 5.41) is 0. The Kier molecular flexibility index (Phi) is 4.90. The van der Waals surface area contributed by atoms with Crippen LogP contribution in [-0.2, 0) is 0 Å². The SMILES string of the molecule is CC1(C)C2CCC(CB(CC3CCC4CC3C4(C)C)CC3CCC4CC3C4(C)C)C1C2. The van der Waals surface area contributed by atoms with Crippen molar-refractivity contribution >= 4 is 6.71 Å². The zero-order chi connectivity index (χ0) is 21.8. The molecule has 0 aliphatic heterocycles. The highest BCUT2D eigenvalue weighted by Gasteiger charge is 2.58. The van der Waals surface area contributed by atoms with Gasteiger partial charge in [-0.25, -0.2) is 0 Å². The zero-order valence-corrected chi connectivity index (χ0v) is 21.8. The van der Waals surface area contributed by atoms with Crippen molar-refractivity contribution < 1.29 is 0 Å². The lowest BCUT2D eigenvalue weighted by Crippen LogP contribution is -2.55. The summed E-state index contributed by atoms with van der Waals surface area (Å²) < 4.78 is 0. The molecule has 6 bridgehead atoms. The number of rotatable bonds is 6. The minimum Gasteiger partial charge on any atom is -0.0710 e. The molecule has 174 valence electrons. The van der Waals surface area contributed by atoms with Crippen molar-refractivity contribution in [2.24, 2.45) is 69.5 Å². The topological polar surface area (TPSA) is 0 Å². The summed E-state index contributed by atoms with van der Waals surface area (Å²) in [5.74, 6) is 9.52. The van der Waals surface area contributed by atoms with E-state index in [4.69, 9.17) is 0 Å². The van der Waals surface area contributed by atoms with E-state index >= 15 is 0 Å². The van der Waals surface area contributed by atoms with Gasteiger partial charge in [0.25, 0.3) is 0 Å². The van der Waals surface area contributed by atoms with Crippen LogP contribution in [0.3, 0.4) is 0 Å². The first-order valence-corrected chi connectivity index (χ1v) is 14.6. The molecule has 1 heteroatoms. The van der Waals surface area contributed by atoms with E-state index in [1.165, 1.54) is 0 Å². The largest absolute Gasteiger partial charge is 0.140 e. The Hall–Kier alpha value is 0.0649. The zero-order valence-electron chi connectivity index (χ0n) is 21.8. The van der Waals surface area contributed by atoms with E-state index in [9.17, 15) is 0 Å². The smallest absolute Gasteiger partial charge is 0.0710 e. The first kappa shape index (κ1) is 21.6. The van der Waals surface area contributed by atoms with Gasteiger partial charge in [-0.3, -0.25) is 0 Å². The second kappa shape index (κ2) is 7.04. The third-order valence-corrected chi connectivity index (χ3v) is 13.9. The van der Waals surface area contributed by atoms with E-state index < -0.39 is 0 Å². The molecule has 0 aromatic carbocycles. The molecule has 9 aliphatic rings. The molecule has 9 aliphatic carbocycles. The number of hydrogen-bond acceptors (Lipinski definition) is 0. The van der Waals surface area contributed by atoms with Crippen molar-refractivity contribution in [3.05, 3.63) is 0 Å². The normalized spacial score (nSPS) is 49.9. The highest BCUT2D eigenvalue weighted by molar-refractivity contribution is 6.59. The van der Waals surface area contributed by atoms with Crippen LogP contribution in [0.4, 0.5) is 0 Å². The van der Waals surface area contributed by atoms with Crippen molar-refractivity contribution in [2.45, 2.75) is 118 Å². The van der Waals surface area contributed by atoms with Crippen LogP contribution < -0.4 is 0 Å². The van der Waals surface area contributed by atoms with Crippen LogP contribution in [0.1, 0.15) is 99.3 Å². The summed E-state index contributed by atoms with van der Waals surface area (Å²) in [6, 6.07) is 0. The average Bonchev–Trinajstić information content (AvgIpc) is 2.73. The molecule has 0 radical (unpaired) electrons. The summed E-state index contributed by atoms with van der Waals surface area (Å²) in [7, 11) is 0. The monoisotopic (exact) mass is 422 g/mol. The van der Waals surface area contributed by atoms with Crippen molar-refractivity contribution in [1.29, 1.82) is 0 Å². The third kappa shape index (κ3) is 3.12. The molecule has 0 heterocycles. The van der Waals surface area contributed by atoms with Crippen molar-refractivity contribution in [3.63, 3.8) is 0 Å². The Balaban J connectivity index is 1.18. The van der Waals surface area contributed by atoms with Crippen LogP contribution in [0.15, 0.2) is 0 Å². The lowest BCUT2D eigenvalue weighted by atomic mass is 9.30. The van der Waals surface area contributed by atoms with Crippen LogP contribution in [0.25, 0.3) is 0 Å². The van der Waals surface area contributed by atoms with Crippen molar-refractivity contribution in [3.8, 4) is 0 Å². The number of hydrogen-bond donors (Lipinski definition) is 0. The van der Waals surface area contributed by atoms with Gasteiger partial charge in [-0.05, 0) is 108 Å². The maximum atomic E-state index is 2.61. The summed E-state index contributed by atoms with van der Waals surface area (Å²) >= 11 is 0. The summed E-state index contributed by atoms with van der Waals surface area (Å²) in [6.45, 7) is 16.7. The highest BCUT2D eigenvalue weighted by Crippen LogP contribution is 2.66. The second-order valence-corrected chi connectivity index (χ2v) is 15.7. The molecule has 9 saturated carbocycles. The van der Waals surface area contributed by atoms with Gasteiger partial charge in [-0.2, -0.15) is 0 Å². The molecular weight excluding hydrogens is 371 g/mol. The molecule has 0 amide bonds. The van der Waals surface area contributed by atoms with Crippen molar-refractivity contribution in [2.75, 3.05) is 0 Å². The van der Waals surface area contributed by atoms with E-state index in [2.05, 4.69) is 41.5 Å². The molecule has 0 aromatic heterocycles. The minimum atomic E-state index is 0.662. The molecule has 0 spiro atoms. The first-order chi connectivity index (χ1) is 14.6. The average molecular weight is 423 g/mol. The molecule has 0 N–H and O–H groups in total. The Bertz CT molecular complexity index is 602. The van der Waals surface area contributed by atoms with Gasteiger partial charge in [0.2, 0.25) is 0 Å². The maximum Gasteiger partial charge on any atom is 0.140 e. The summed E-state index contributed by atoms with van der Waals surface area (Å²) in [6.07, 6.45) is 18.9. The molecule has 9 rings (SSSR count). The fourth-order valence-corrected chi connectivity index (χ4v) is 11.3. The standard InChI is InChI=1S/C30H51B/c1-28(2)22-10-7-19(25(28)13-22)16-31(17-20-8-11-23-14-26(20)29(23,3)4)18-21-9-12-24-15-27(21)30(24,5)6/h19-27H,7-18H2,1-6H3. The van der Waals surface area contributed by atoms with Gasteiger partial charge in [0.05, 0.1) is 0 Å². The second-order valence-electron chi connectivity index (χ2n) is 15.7. The lowest BCUT2D eigenvalue weighted by molar-refractivity contribution is -0.104.